The van der Waals surface area contributed by atoms with E-state index in [1.807, 2.05) is 26.0 Å². The van der Waals surface area contributed by atoms with Crippen molar-refractivity contribution in [3.8, 4) is 12.1 Å². The average molecular weight is 158 g/mol. The van der Waals surface area contributed by atoms with Crippen LogP contribution in [-0.4, -0.2) is 0 Å². The summed E-state index contributed by atoms with van der Waals surface area (Å²) in [4.78, 5) is 0. The molecule has 0 spiro atoms. The zero-order chi connectivity index (χ0) is 9.40. The van der Waals surface area contributed by atoms with Crippen molar-refractivity contribution in [1.82, 2.24) is 0 Å². The number of hydrogen-bond acceptors (Lipinski definition) is 2. The summed E-state index contributed by atoms with van der Waals surface area (Å²) in [7, 11) is 0. The highest BCUT2D eigenvalue weighted by atomic mass is 14.3. The monoisotopic (exact) mass is 158 g/mol. The summed E-state index contributed by atoms with van der Waals surface area (Å²) in [6.45, 7) is 3.69. The molecule has 0 bridgehead atoms. The largest absolute Gasteiger partial charge is 0.192 e. The standard InChI is InChI=1S/C10H10N2/c1-3-5-9(6-4-2)10(7-11)8-12/h3-6H,1-2H3/b5-3+,6-4+. The van der Waals surface area contributed by atoms with Crippen molar-refractivity contribution in [3.63, 3.8) is 0 Å². The van der Waals surface area contributed by atoms with Gasteiger partial charge in [-0.25, -0.2) is 0 Å². The molecule has 2 nitrogen and oxygen atoms in total. The average Bonchev–Trinajstić information content (AvgIpc) is 2.07. The van der Waals surface area contributed by atoms with Crippen molar-refractivity contribution in [2.75, 3.05) is 0 Å². The maximum atomic E-state index is 8.55. The quantitative estimate of drug-likeness (QED) is 0.458. The zero-order valence-electron chi connectivity index (χ0n) is 7.20. The lowest BCUT2D eigenvalue weighted by Gasteiger charge is -1.90. The number of hydrogen-bond donors (Lipinski definition) is 0. The molecule has 0 heterocycles. The highest BCUT2D eigenvalue weighted by Crippen LogP contribution is 2.06. The van der Waals surface area contributed by atoms with E-state index in [0.29, 0.717) is 5.57 Å². The van der Waals surface area contributed by atoms with Gasteiger partial charge in [0.15, 0.2) is 0 Å². The predicted octanol–water partition coefficient (Wildman–Crippen LogP) is 2.48. The van der Waals surface area contributed by atoms with Gasteiger partial charge in [0.25, 0.3) is 0 Å². The molecule has 0 aromatic rings. The minimum atomic E-state index is 0.145. The third-order valence-electron chi connectivity index (χ3n) is 1.20. The van der Waals surface area contributed by atoms with Crippen molar-refractivity contribution in [1.29, 1.82) is 10.5 Å². The van der Waals surface area contributed by atoms with E-state index >= 15 is 0 Å². The summed E-state index contributed by atoms with van der Waals surface area (Å²) in [6.07, 6.45) is 7.07. The fourth-order valence-corrected chi connectivity index (χ4v) is 0.735. The molecule has 0 N–H and O–H groups in total. The van der Waals surface area contributed by atoms with Crippen LogP contribution in [0.15, 0.2) is 35.5 Å². The fourth-order valence-electron chi connectivity index (χ4n) is 0.735. The van der Waals surface area contributed by atoms with Gasteiger partial charge in [0.05, 0.1) is 0 Å². The Labute approximate surface area is 72.7 Å². The molecule has 0 radical (unpaired) electrons. The van der Waals surface area contributed by atoms with Gasteiger partial charge in [-0.15, -0.1) is 0 Å². The molecule has 60 valence electrons. The summed E-state index contributed by atoms with van der Waals surface area (Å²) in [5.74, 6) is 0. The van der Waals surface area contributed by atoms with E-state index in [4.69, 9.17) is 10.5 Å². The van der Waals surface area contributed by atoms with Crippen LogP contribution in [0.2, 0.25) is 0 Å². The highest BCUT2D eigenvalue weighted by molar-refractivity contribution is 5.49. The maximum Gasteiger partial charge on any atom is 0.136 e. The molecule has 0 aliphatic carbocycles. The van der Waals surface area contributed by atoms with Crippen molar-refractivity contribution >= 4 is 0 Å². The molecule has 0 aromatic carbocycles. The molecular formula is C10H10N2. The Morgan fingerprint density at radius 3 is 1.67 bits per heavy atom. The first-order chi connectivity index (χ1) is 5.79. The van der Waals surface area contributed by atoms with E-state index in [1.165, 1.54) is 0 Å². The summed E-state index contributed by atoms with van der Waals surface area (Å²) < 4.78 is 0. The third-order valence-corrected chi connectivity index (χ3v) is 1.20. The van der Waals surface area contributed by atoms with Gasteiger partial charge in [-0.2, -0.15) is 10.5 Å². The Morgan fingerprint density at radius 1 is 1.00 bits per heavy atom. The van der Waals surface area contributed by atoms with Gasteiger partial charge in [0.1, 0.15) is 17.7 Å². The highest BCUT2D eigenvalue weighted by Gasteiger charge is 1.97. The summed E-state index contributed by atoms with van der Waals surface area (Å²) in [5.41, 5.74) is 0.802. The maximum absolute atomic E-state index is 8.55. The summed E-state index contributed by atoms with van der Waals surface area (Å²) in [5, 5.41) is 17.1. The second-order valence-electron chi connectivity index (χ2n) is 2.05. The van der Waals surface area contributed by atoms with Gasteiger partial charge in [0.2, 0.25) is 0 Å². The Balaban J connectivity index is 5.10. The van der Waals surface area contributed by atoms with E-state index in [1.54, 1.807) is 24.3 Å². The predicted molar refractivity (Wildman–Crippen MR) is 47.9 cm³/mol. The van der Waals surface area contributed by atoms with Gasteiger partial charge in [-0.05, 0) is 13.8 Å². The molecule has 0 fully saturated rings. The Kier molecular flexibility index (Phi) is 5.05. The molecule has 0 aromatic heterocycles. The van der Waals surface area contributed by atoms with Crippen LogP contribution in [0.3, 0.4) is 0 Å². The van der Waals surface area contributed by atoms with Gasteiger partial charge in [0, 0.05) is 5.57 Å². The topological polar surface area (TPSA) is 47.6 Å². The smallest absolute Gasteiger partial charge is 0.136 e. The molecule has 0 unspecified atom stereocenters. The van der Waals surface area contributed by atoms with Crippen molar-refractivity contribution in [2.45, 2.75) is 13.8 Å². The number of nitrogens with zero attached hydrogens (tertiary/aromatic N) is 2. The van der Waals surface area contributed by atoms with Gasteiger partial charge in [-0.3, -0.25) is 0 Å². The molecule has 0 amide bonds. The van der Waals surface area contributed by atoms with E-state index in [0.717, 1.165) is 0 Å². The Morgan fingerprint density at radius 2 is 1.42 bits per heavy atom. The summed E-state index contributed by atoms with van der Waals surface area (Å²) in [6, 6.07) is 3.67. The van der Waals surface area contributed by atoms with Crippen LogP contribution < -0.4 is 0 Å². The van der Waals surface area contributed by atoms with E-state index in [-0.39, 0.29) is 5.57 Å². The lowest BCUT2D eigenvalue weighted by molar-refractivity contribution is 1.43. The van der Waals surface area contributed by atoms with E-state index in [9.17, 15) is 0 Å². The fraction of sp³-hybridized carbons (Fsp3) is 0.200. The van der Waals surface area contributed by atoms with Crippen LogP contribution >= 0.6 is 0 Å². The van der Waals surface area contributed by atoms with Gasteiger partial charge >= 0.3 is 0 Å². The van der Waals surface area contributed by atoms with Crippen LogP contribution in [0.25, 0.3) is 0 Å². The number of allylic oxidation sites excluding steroid dienone is 6. The molecule has 0 aliphatic heterocycles. The van der Waals surface area contributed by atoms with Crippen LogP contribution in [0.4, 0.5) is 0 Å². The third kappa shape index (κ3) is 2.86. The first-order valence-electron chi connectivity index (χ1n) is 3.60. The molecule has 0 atom stereocenters. The minimum Gasteiger partial charge on any atom is -0.192 e. The van der Waals surface area contributed by atoms with Crippen molar-refractivity contribution in [2.24, 2.45) is 0 Å². The molecular weight excluding hydrogens is 148 g/mol. The lowest BCUT2D eigenvalue weighted by Crippen LogP contribution is -1.79. The van der Waals surface area contributed by atoms with Crippen molar-refractivity contribution in [3.05, 3.63) is 35.5 Å². The SMILES string of the molecule is C/C=C/C(/C=C/C)=C(C#N)C#N. The molecule has 0 aliphatic rings. The molecule has 12 heavy (non-hydrogen) atoms. The first-order valence-corrected chi connectivity index (χ1v) is 3.60. The first kappa shape index (κ1) is 10.2. The Hall–Kier alpha value is -1.80. The second-order valence-corrected chi connectivity index (χ2v) is 2.05. The zero-order valence-corrected chi connectivity index (χ0v) is 7.20. The number of rotatable bonds is 2. The molecule has 0 saturated heterocycles. The van der Waals surface area contributed by atoms with Gasteiger partial charge in [-0.1, -0.05) is 24.3 Å². The van der Waals surface area contributed by atoms with Crippen molar-refractivity contribution < 1.29 is 0 Å². The minimum absolute atomic E-state index is 0.145. The lowest BCUT2D eigenvalue weighted by atomic mass is 10.1. The van der Waals surface area contributed by atoms with Crippen LogP contribution in [-0.2, 0) is 0 Å². The van der Waals surface area contributed by atoms with Crippen LogP contribution in [0, 0.1) is 22.7 Å². The summed E-state index contributed by atoms with van der Waals surface area (Å²) >= 11 is 0. The number of nitriles is 2. The van der Waals surface area contributed by atoms with Gasteiger partial charge < -0.3 is 0 Å². The van der Waals surface area contributed by atoms with Crippen LogP contribution in [0.1, 0.15) is 13.8 Å². The van der Waals surface area contributed by atoms with E-state index < -0.39 is 0 Å². The van der Waals surface area contributed by atoms with Crippen LogP contribution in [0.5, 0.6) is 0 Å². The molecule has 2 heteroatoms. The second kappa shape index (κ2) is 5.95. The normalized spacial score (nSPS) is 9.67. The van der Waals surface area contributed by atoms with E-state index in [2.05, 4.69) is 0 Å². The molecule has 0 saturated carbocycles. The molecule has 0 rings (SSSR count). The Bertz CT molecular complexity index is 276.